The molecule has 0 aliphatic heterocycles. The van der Waals surface area contributed by atoms with Gasteiger partial charge in [0.25, 0.3) is 0 Å². The Morgan fingerprint density at radius 2 is 1.75 bits per heavy atom. The molecule has 46 valence electrons. The van der Waals surface area contributed by atoms with Crippen LogP contribution in [0.5, 0.6) is 0 Å². The smallest absolute Gasteiger partial charge is 0.332 e. The SMILES string of the molecule is CC(O)C(=O)O.[Ge].[Se]. The molecule has 0 aromatic rings. The van der Waals surface area contributed by atoms with Crippen LogP contribution in [0.25, 0.3) is 0 Å². The summed E-state index contributed by atoms with van der Waals surface area (Å²) in [5, 5.41) is 15.8. The standard InChI is InChI=1S/C3H6O3.Ge.Se/c1-2(4)3(5)6;;/h2,4H,1H3,(H,5,6);;. The van der Waals surface area contributed by atoms with Crippen LogP contribution in [0.2, 0.25) is 0 Å². The van der Waals surface area contributed by atoms with Gasteiger partial charge in [0.05, 0.1) is 0 Å². The summed E-state index contributed by atoms with van der Waals surface area (Å²) >= 11 is 0. The van der Waals surface area contributed by atoms with E-state index in [9.17, 15) is 4.79 Å². The van der Waals surface area contributed by atoms with Crippen LogP contribution in [0.4, 0.5) is 0 Å². The molecule has 2 N–H and O–H groups in total. The zero-order valence-electron chi connectivity index (χ0n) is 4.29. The number of rotatable bonds is 1. The zero-order chi connectivity index (χ0) is 5.15. The second-order valence-corrected chi connectivity index (χ2v) is 1.01. The molecule has 6 radical (unpaired) electrons. The largest absolute Gasteiger partial charge is 0.479 e. The third-order valence-corrected chi connectivity index (χ3v) is 0.357. The monoisotopic (exact) mass is 244 g/mol. The van der Waals surface area contributed by atoms with Gasteiger partial charge in [0.2, 0.25) is 0 Å². The number of hydrogen-bond acceptors (Lipinski definition) is 2. The van der Waals surface area contributed by atoms with Gasteiger partial charge < -0.3 is 10.2 Å². The number of aliphatic carboxylic acids is 1. The molecule has 1 unspecified atom stereocenters. The summed E-state index contributed by atoms with van der Waals surface area (Å²) in [6.45, 7) is 1.20. The Labute approximate surface area is 68.9 Å². The van der Waals surface area contributed by atoms with E-state index in [2.05, 4.69) is 0 Å². The average Bonchev–Trinajstić information content (AvgIpc) is 1.36. The topological polar surface area (TPSA) is 57.5 Å². The van der Waals surface area contributed by atoms with E-state index in [1.165, 1.54) is 6.92 Å². The molecule has 0 spiro atoms. The van der Waals surface area contributed by atoms with Crippen molar-refractivity contribution < 1.29 is 15.0 Å². The number of carboxylic acids is 1. The van der Waals surface area contributed by atoms with E-state index in [-0.39, 0.29) is 34.7 Å². The van der Waals surface area contributed by atoms with E-state index in [1.54, 1.807) is 0 Å². The van der Waals surface area contributed by atoms with Gasteiger partial charge in [0.15, 0.2) is 0 Å². The molecular weight excluding hydrogens is 236 g/mol. The molecule has 3 nitrogen and oxygen atoms in total. The van der Waals surface area contributed by atoms with Crippen LogP contribution in [-0.4, -0.2) is 57.0 Å². The van der Waals surface area contributed by atoms with Gasteiger partial charge in [-0.05, 0) is 6.92 Å². The molecule has 0 aromatic carbocycles. The summed E-state index contributed by atoms with van der Waals surface area (Å²) in [6, 6.07) is 0. The van der Waals surface area contributed by atoms with E-state index in [1.807, 2.05) is 0 Å². The molecule has 0 bridgehead atoms. The fraction of sp³-hybridized carbons (Fsp3) is 0.667. The first-order chi connectivity index (χ1) is 2.64. The molecule has 0 saturated heterocycles. The molecule has 0 fully saturated rings. The van der Waals surface area contributed by atoms with Gasteiger partial charge in [-0.15, -0.1) is 0 Å². The van der Waals surface area contributed by atoms with E-state index in [0.29, 0.717) is 0 Å². The first kappa shape index (κ1) is 15.8. The molecule has 8 heavy (non-hydrogen) atoms. The molecule has 0 saturated carbocycles. The van der Waals surface area contributed by atoms with E-state index < -0.39 is 12.1 Å². The van der Waals surface area contributed by atoms with Crippen molar-refractivity contribution in [1.29, 1.82) is 0 Å². The van der Waals surface area contributed by atoms with Crippen LogP contribution < -0.4 is 0 Å². The van der Waals surface area contributed by atoms with Gasteiger partial charge in [-0.25, -0.2) is 4.79 Å². The molecular formula is C3H6GeO3Se. The van der Waals surface area contributed by atoms with Gasteiger partial charge in [-0.3, -0.25) is 0 Å². The van der Waals surface area contributed by atoms with Crippen molar-refractivity contribution >= 4 is 40.6 Å². The van der Waals surface area contributed by atoms with E-state index >= 15 is 0 Å². The first-order valence-corrected chi connectivity index (χ1v) is 1.55. The minimum atomic E-state index is -1.23. The Kier molecular flexibility index (Phi) is 14.8. The maximum Gasteiger partial charge on any atom is 0.332 e. The molecule has 5 heteroatoms. The number of carboxylic acid groups (broad SMARTS) is 1. The molecule has 0 aliphatic carbocycles. The fourth-order valence-corrected chi connectivity index (χ4v) is 0. The third-order valence-electron chi connectivity index (χ3n) is 0.357. The summed E-state index contributed by atoms with van der Waals surface area (Å²) in [4.78, 5) is 9.45. The number of aliphatic hydroxyl groups is 1. The van der Waals surface area contributed by atoms with Crippen LogP contribution in [0.3, 0.4) is 0 Å². The van der Waals surface area contributed by atoms with Gasteiger partial charge in [0.1, 0.15) is 6.10 Å². The Bertz CT molecular complexity index is 65.5. The van der Waals surface area contributed by atoms with Gasteiger partial charge >= 0.3 is 5.97 Å². The summed E-state index contributed by atoms with van der Waals surface area (Å²) in [6.07, 6.45) is -1.23. The van der Waals surface area contributed by atoms with Crippen LogP contribution in [0.15, 0.2) is 0 Å². The predicted octanol–water partition coefficient (Wildman–Crippen LogP) is -1.31. The molecule has 1 atom stereocenters. The number of carbonyl (C=O) groups is 1. The zero-order valence-corrected chi connectivity index (χ0v) is 8.10. The van der Waals surface area contributed by atoms with Crippen molar-refractivity contribution in [3.63, 3.8) is 0 Å². The van der Waals surface area contributed by atoms with Gasteiger partial charge in [0, 0.05) is 34.7 Å². The molecule has 0 heterocycles. The maximum absolute atomic E-state index is 9.45. The van der Waals surface area contributed by atoms with E-state index in [4.69, 9.17) is 10.2 Å². The fourth-order valence-electron chi connectivity index (χ4n) is 0. The van der Waals surface area contributed by atoms with Crippen LogP contribution in [0, 0.1) is 0 Å². The summed E-state index contributed by atoms with van der Waals surface area (Å²) < 4.78 is 0. The van der Waals surface area contributed by atoms with Gasteiger partial charge in [-0.1, -0.05) is 0 Å². The van der Waals surface area contributed by atoms with Crippen molar-refractivity contribution in [3.05, 3.63) is 0 Å². The van der Waals surface area contributed by atoms with Crippen molar-refractivity contribution in [2.45, 2.75) is 13.0 Å². The molecule has 0 aliphatic rings. The quantitative estimate of drug-likeness (QED) is 0.561. The molecule has 0 amide bonds. The minimum absolute atomic E-state index is 0. The molecule has 0 aromatic heterocycles. The Balaban J connectivity index is -0.000000125. The van der Waals surface area contributed by atoms with Crippen molar-refractivity contribution in [1.82, 2.24) is 0 Å². The van der Waals surface area contributed by atoms with Crippen molar-refractivity contribution in [2.75, 3.05) is 0 Å². The second kappa shape index (κ2) is 7.49. The first-order valence-electron chi connectivity index (χ1n) is 1.55. The normalized spacial score (nSPS) is 10.2. The van der Waals surface area contributed by atoms with Crippen LogP contribution in [0.1, 0.15) is 6.92 Å². The second-order valence-electron chi connectivity index (χ2n) is 1.01. The Hall–Kier alpha value is 0.492. The number of aliphatic hydroxyl groups excluding tert-OH is 1. The molecule has 0 rings (SSSR count). The third kappa shape index (κ3) is 9.70. The van der Waals surface area contributed by atoms with Crippen LogP contribution in [-0.2, 0) is 4.79 Å². The summed E-state index contributed by atoms with van der Waals surface area (Å²) in [5.41, 5.74) is 0. The average molecular weight is 242 g/mol. The summed E-state index contributed by atoms with van der Waals surface area (Å²) in [7, 11) is 0. The van der Waals surface area contributed by atoms with Crippen LogP contribution >= 0.6 is 0 Å². The summed E-state index contributed by atoms with van der Waals surface area (Å²) in [5.74, 6) is -1.19. The number of hydrogen-bond donors (Lipinski definition) is 2. The van der Waals surface area contributed by atoms with Crippen molar-refractivity contribution in [2.24, 2.45) is 0 Å². The Morgan fingerprint density at radius 1 is 1.62 bits per heavy atom. The predicted molar refractivity (Wildman–Crippen MR) is 30.8 cm³/mol. The van der Waals surface area contributed by atoms with Crippen molar-refractivity contribution in [3.8, 4) is 0 Å². The Morgan fingerprint density at radius 3 is 1.75 bits per heavy atom. The van der Waals surface area contributed by atoms with Gasteiger partial charge in [-0.2, -0.15) is 0 Å². The maximum atomic E-state index is 9.45. The minimum Gasteiger partial charge on any atom is -0.479 e. The van der Waals surface area contributed by atoms with E-state index in [0.717, 1.165) is 0 Å².